The highest BCUT2D eigenvalue weighted by Gasteiger charge is 2.32. The second-order valence-electron chi connectivity index (χ2n) is 5.33. The molecule has 0 aromatic carbocycles. The van der Waals surface area contributed by atoms with Crippen molar-refractivity contribution < 1.29 is 18.0 Å². The summed E-state index contributed by atoms with van der Waals surface area (Å²) in [4.78, 5) is 13.9. The first-order valence-corrected chi connectivity index (χ1v) is 6.75. The number of hydrogen-bond acceptors (Lipinski definition) is 3. The van der Waals surface area contributed by atoms with Crippen molar-refractivity contribution in [1.29, 1.82) is 0 Å². The lowest BCUT2D eigenvalue weighted by Crippen LogP contribution is -2.48. The summed E-state index contributed by atoms with van der Waals surface area (Å²) < 4.78 is 35.7. The van der Waals surface area contributed by atoms with Crippen molar-refractivity contribution in [3.63, 3.8) is 0 Å². The maximum atomic E-state index is 11.9. The molecule has 0 aromatic heterocycles. The van der Waals surface area contributed by atoms with E-state index in [0.29, 0.717) is 0 Å². The summed E-state index contributed by atoms with van der Waals surface area (Å²) in [7, 11) is 0. The highest BCUT2D eigenvalue weighted by atomic mass is 19.4. The summed E-state index contributed by atoms with van der Waals surface area (Å²) in [6.07, 6.45) is 0.0652. The molecule has 2 fully saturated rings. The first-order chi connectivity index (χ1) is 8.94. The van der Waals surface area contributed by atoms with E-state index in [0.717, 1.165) is 32.0 Å². The summed E-state index contributed by atoms with van der Waals surface area (Å²) in [5.74, 6) is -0.353. The number of nitrogens with one attached hydrogen (secondary N) is 2. The van der Waals surface area contributed by atoms with Gasteiger partial charge in [-0.15, -0.1) is 0 Å². The normalized spacial score (nSPS) is 22.5. The summed E-state index contributed by atoms with van der Waals surface area (Å²) >= 11 is 0. The Labute approximate surface area is 110 Å². The summed E-state index contributed by atoms with van der Waals surface area (Å²) in [6, 6.07) is 0.847. The number of nitrogens with zero attached hydrogens (tertiary/aromatic N) is 1. The highest BCUT2D eigenvalue weighted by molar-refractivity contribution is 5.78. The molecule has 0 atom stereocenters. The fourth-order valence-corrected chi connectivity index (χ4v) is 2.45. The molecule has 0 bridgehead atoms. The Balaban J connectivity index is 1.58. The number of piperidine rings is 1. The molecule has 1 aliphatic carbocycles. The van der Waals surface area contributed by atoms with E-state index in [2.05, 4.69) is 15.5 Å². The Morgan fingerprint density at radius 3 is 2.32 bits per heavy atom. The molecule has 1 amide bonds. The maximum Gasteiger partial charge on any atom is 0.401 e. The Bertz CT molecular complexity index is 310. The van der Waals surface area contributed by atoms with Gasteiger partial charge in [0.1, 0.15) is 0 Å². The van der Waals surface area contributed by atoms with Crippen LogP contribution in [0.2, 0.25) is 0 Å². The predicted octanol–water partition coefficient (Wildman–Crippen LogP) is 0.881. The van der Waals surface area contributed by atoms with Crippen LogP contribution in [-0.2, 0) is 4.79 Å². The first kappa shape index (κ1) is 14.6. The van der Waals surface area contributed by atoms with Crippen molar-refractivity contribution in [2.24, 2.45) is 0 Å². The van der Waals surface area contributed by atoms with Crippen molar-refractivity contribution in [1.82, 2.24) is 15.5 Å². The number of carbonyl (C=O) groups is 1. The molecule has 0 aromatic rings. The smallest absolute Gasteiger partial charge is 0.352 e. The minimum absolute atomic E-state index is 0.107. The van der Waals surface area contributed by atoms with Gasteiger partial charge in [0.2, 0.25) is 5.91 Å². The molecule has 110 valence electrons. The molecule has 2 rings (SSSR count). The van der Waals surface area contributed by atoms with Gasteiger partial charge < -0.3 is 15.5 Å². The molecule has 0 radical (unpaired) electrons. The van der Waals surface area contributed by atoms with Gasteiger partial charge in [0, 0.05) is 25.2 Å². The van der Waals surface area contributed by atoms with Crippen LogP contribution in [0.25, 0.3) is 0 Å². The van der Waals surface area contributed by atoms with Crippen LogP contribution in [0.15, 0.2) is 0 Å². The molecule has 1 heterocycles. The van der Waals surface area contributed by atoms with Crippen LogP contribution in [0, 0.1) is 0 Å². The number of rotatable bonds is 5. The summed E-state index contributed by atoms with van der Waals surface area (Å²) in [5, 5.41) is 4.89. The van der Waals surface area contributed by atoms with Gasteiger partial charge in [-0.3, -0.25) is 4.79 Å². The lowest BCUT2D eigenvalue weighted by Gasteiger charge is -2.32. The average Bonchev–Trinajstić information content (AvgIpc) is 3.12. The van der Waals surface area contributed by atoms with Gasteiger partial charge in [0.25, 0.3) is 0 Å². The highest BCUT2D eigenvalue weighted by Crippen LogP contribution is 2.29. The van der Waals surface area contributed by atoms with E-state index in [4.69, 9.17) is 0 Å². The Kier molecular flexibility index (Phi) is 4.67. The third kappa shape index (κ3) is 5.36. The number of alkyl halides is 3. The number of halogens is 3. The van der Waals surface area contributed by atoms with Crippen molar-refractivity contribution in [3.05, 3.63) is 0 Å². The zero-order valence-corrected chi connectivity index (χ0v) is 10.8. The van der Waals surface area contributed by atoms with E-state index in [9.17, 15) is 18.0 Å². The molecule has 7 heteroatoms. The monoisotopic (exact) mass is 279 g/mol. The average molecular weight is 279 g/mol. The maximum absolute atomic E-state index is 11.9. The van der Waals surface area contributed by atoms with E-state index in [-0.39, 0.29) is 18.5 Å². The number of hydrogen-bond donors (Lipinski definition) is 2. The van der Waals surface area contributed by atoms with Crippen LogP contribution in [0.1, 0.15) is 25.7 Å². The van der Waals surface area contributed by atoms with Gasteiger partial charge in [0.05, 0.1) is 13.1 Å². The molecule has 19 heavy (non-hydrogen) atoms. The topological polar surface area (TPSA) is 44.4 Å². The van der Waals surface area contributed by atoms with E-state index >= 15 is 0 Å². The Morgan fingerprint density at radius 2 is 1.79 bits per heavy atom. The predicted molar refractivity (Wildman–Crippen MR) is 64.7 cm³/mol. The third-order valence-electron chi connectivity index (χ3n) is 3.57. The van der Waals surface area contributed by atoms with Crippen LogP contribution < -0.4 is 10.6 Å². The minimum Gasteiger partial charge on any atom is -0.352 e. The van der Waals surface area contributed by atoms with Crippen LogP contribution in [0.3, 0.4) is 0 Å². The second-order valence-corrected chi connectivity index (χ2v) is 5.33. The Morgan fingerprint density at radius 1 is 1.16 bits per heavy atom. The molecule has 2 N–H and O–H groups in total. The van der Waals surface area contributed by atoms with Gasteiger partial charge >= 0.3 is 6.18 Å². The molecule has 1 saturated carbocycles. The van der Waals surface area contributed by atoms with Gasteiger partial charge in [-0.2, -0.15) is 13.2 Å². The van der Waals surface area contributed by atoms with Crippen LogP contribution in [0.4, 0.5) is 13.2 Å². The zero-order chi connectivity index (χ0) is 13.9. The molecular formula is C12H20F3N3O. The fourth-order valence-electron chi connectivity index (χ4n) is 2.45. The standard InChI is InChI=1S/C12H20F3N3O/c13-12(14,15)8-16-7-11(19)17-9-3-5-18(6-4-9)10-1-2-10/h9-10,16H,1-8H2,(H,17,19). The largest absolute Gasteiger partial charge is 0.401 e. The number of likely N-dealkylation sites (tertiary alicyclic amines) is 1. The van der Waals surface area contributed by atoms with Crippen molar-refractivity contribution in [2.75, 3.05) is 26.2 Å². The fraction of sp³-hybridized carbons (Fsp3) is 0.917. The van der Waals surface area contributed by atoms with Crippen LogP contribution in [-0.4, -0.2) is 55.2 Å². The third-order valence-corrected chi connectivity index (χ3v) is 3.57. The molecule has 0 spiro atoms. The molecular weight excluding hydrogens is 259 g/mol. The summed E-state index contributed by atoms with van der Waals surface area (Å²) in [5.41, 5.74) is 0. The second kappa shape index (κ2) is 6.09. The van der Waals surface area contributed by atoms with E-state index < -0.39 is 12.7 Å². The minimum atomic E-state index is -4.27. The number of carbonyl (C=O) groups excluding carboxylic acids is 1. The van der Waals surface area contributed by atoms with Crippen molar-refractivity contribution in [3.8, 4) is 0 Å². The molecule has 1 saturated heterocycles. The molecule has 4 nitrogen and oxygen atoms in total. The van der Waals surface area contributed by atoms with Crippen LogP contribution in [0.5, 0.6) is 0 Å². The molecule has 2 aliphatic rings. The lowest BCUT2D eigenvalue weighted by atomic mass is 10.0. The van der Waals surface area contributed by atoms with Crippen molar-refractivity contribution >= 4 is 5.91 Å². The van der Waals surface area contributed by atoms with Gasteiger partial charge in [0.15, 0.2) is 0 Å². The first-order valence-electron chi connectivity index (χ1n) is 6.75. The Hall–Kier alpha value is -0.820. The van der Waals surface area contributed by atoms with Gasteiger partial charge in [-0.1, -0.05) is 0 Å². The lowest BCUT2D eigenvalue weighted by molar-refractivity contribution is -0.128. The molecule has 0 unspecified atom stereocenters. The van der Waals surface area contributed by atoms with Crippen molar-refractivity contribution in [2.45, 2.75) is 43.9 Å². The van der Waals surface area contributed by atoms with E-state index in [1.54, 1.807) is 0 Å². The number of amides is 1. The zero-order valence-electron chi connectivity index (χ0n) is 10.8. The summed E-state index contributed by atoms with van der Waals surface area (Å²) in [6.45, 7) is 0.556. The SMILES string of the molecule is O=C(CNCC(F)(F)F)NC1CCN(C2CC2)CC1. The quantitative estimate of drug-likeness (QED) is 0.785. The van der Waals surface area contributed by atoms with Gasteiger partial charge in [-0.25, -0.2) is 0 Å². The van der Waals surface area contributed by atoms with Crippen LogP contribution >= 0.6 is 0 Å². The van der Waals surface area contributed by atoms with Gasteiger partial charge in [-0.05, 0) is 25.7 Å². The van der Waals surface area contributed by atoms with E-state index in [1.807, 2.05) is 0 Å². The van der Waals surface area contributed by atoms with E-state index in [1.165, 1.54) is 12.8 Å². The molecule has 1 aliphatic heterocycles.